The van der Waals surface area contributed by atoms with E-state index < -0.39 is 0 Å². The van der Waals surface area contributed by atoms with Crippen LogP contribution in [0.5, 0.6) is 11.5 Å². The number of halogens is 1. The van der Waals surface area contributed by atoms with Gasteiger partial charge in [0.25, 0.3) is 0 Å². The Bertz CT molecular complexity index is 506. The van der Waals surface area contributed by atoms with Crippen LogP contribution in [-0.2, 0) is 4.84 Å². The Labute approximate surface area is 126 Å². The number of hydrogen-bond donors (Lipinski definition) is 1. The second-order valence-electron chi connectivity index (χ2n) is 5.26. The van der Waals surface area contributed by atoms with Crippen LogP contribution in [-0.4, -0.2) is 5.60 Å². The van der Waals surface area contributed by atoms with E-state index in [1.807, 2.05) is 75.4 Å². The summed E-state index contributed by atoms with van der Waals surface area (Å²) in [5.41, 5.74) is 3.60. The molecule has 0 amide bonds. The zero-order valence-corrected chi connectivity index (χ0v) is 12.7. The molecule has 0 aliphatic rings. The van der Waals surface area contributed by atoms with Crippen LogP contribution in [0.3, 0.4) is 0 Å². The molecule has 0 aromatic heterocycles. The average Bonchev–Trinajstić information content (AvgIpc) is 2.38. The van der Waals surface area contributed by atoms with Gasteiger partial charge in [0.1, 0.15) is 11.5 Å². The number of ether oxygens (including phenoxy) is 1. The van der Waals surface area contributed by atoms with E-state index in [1.54, 1.807) is 0 Å². The predicted octanol–water partition coefficient (Wildman–Crippen LogP) is 5.04. The molecule has 20 heavy (non-hydrogen) atoms. The van der Waals surface area contributed by atoms with E-state index in [0.29, 0.717) is 0 Å². The molecule has 0 aliphatic heterocycles. The summed E-state index contributed by atoms with van der Waals surface area (Å²) in [5.74, 6) is 1.63. The fourth-order valence-electron chi connectivity index (χ4n) is 1.43. The minimum Gasteiger partial charge on any atom is -0.457 e. The van der Waals surface area contributed by atoms with Crippen molar-refractivity contribution in [3.8, 4) is 11.5 Å². The van der Waals surface area contributed by atoms with Gasteiger partial charge in [0.2, 0.25) is 0 Å². The average molecular weight is 294 g/mol. The fraction of sp³-hybridized carbons (Fsp3) is 0.250. The van der Waals surface area contributed by atoms with Crippen molar-refractivity contribution < 1.29 is 9.57 Å². The number of benzene rings is 2. The Morgan fingerprint density at radius 3 is 1.90 bits per heavy atom. The van der Waals surface area contributed by atoms with Crippen LogP contribution < -0.4 is 10.2 Å². The van der Waals surface area contributed by atoms with Gasteiger partial charge in [-0.15, -0.1) is 12.4 Å². The van der Waals surface area contributed by atoms with Gasteiger partial charge in [-0.1, -0.05) is 18.2 Å². The van der Waals surface area contributed by atoms with E-state index >= 15 is 0 Å². The molecule has 2 aromatic carbocycles. The van der Waals surface area contributed by atoms with Gasteiger partial charge in [0, 0.05) is 0 Å². The Hall–Kier alpha value is -1.71. The van der Waals surface area contributed by atoms with Crippen LogP contribution in [0.1, 0.15) is 20.8 Å². The van der Waals surface area contributed by atoms with E-state index in [1.165, 1.54) is 0 Å². The Kier molecular flexibility index (Phi) is 5.86. The summed E-state index contributed by atoms with van der Waals surface area (Å²) in [7, 11) is 0. The first-order valence-electron chi connectivity index (χ1n) is 6.30. The fourth-order valence-corrected chi connectivity index (χ4v) is 1.43. The lowest BCUT2D eigenvalue weighted by molar-refractivity contribution is 0.0375. The third-order valence-corrected chi connectivity index (χ3v) is 2.31. The van der Waals surface area contributed by atoms with Crippen molar-refractivity contribution in [3.63, 3.8) is 0 Å². The molecule has 0 radical (unpaired) electrons. The van der Waals surface area contributed by atoms with Crippen LogP contribution in [0.2, 0.25) is 0 Å². The van der Waals surface area contributed by atoms with Crippen LogP contribution in [0, 0.1) is 0 Å². The number of para-hydroxylation sites is 1. The lowest BCUT2D eigenvalue weighted by atomic mass is 10.2. The Morgan fingerprint density at radius 1 is 0.800 bits per heavy atom. The topological polar surface area (TPSA) is 30.5 Å². The van der Waals surface area contributed by atoms with Crippen LogP contribution in [0.4, 0.5) is 5.69 Å². The lowest BCUT2D eigenvalue weighted by Crippen LogP contribution is -2.22. The molecule has 2 aromatic rings. The molecule has 108 valence electrons. The van der Waals surface area contributed by atoms with Gasteiger partial charge in [-0.05, 0) is 57.2 Å². The summed E-state index contributed by atoms with van der Waals surface area (Å²) in [5, 5.41) is 0. The highest BCUT2D eigenvalue weighted by Crippen LogP contribution is 2.23. The van der Waals surface area contributed by atoms with Gasteiger partial charge >= 0.3 is 0 Å². The van der Waals surface area contributed by atoms with Crippen molar-refractivity contribution in [3.05, 3.63) is 54.6 Å². The summed E-state index contributed by atoms with van der Waals surface area (Å²) < 4.78 is 5.71. The third-order valence-electron chi connectivity index (χ3n) is 2.31. The van der Waals surface area contributed by atoms with E-state index in [9.17, 15) is 0 Å². The molecule has 0 fully saturated rings. The van der Waals surface area contributed by atoms with Crippen LogP contribution in [0.15, 0.2) is 54.6 Å². The zero-order valence-electron chi connectivity index (χ0n) is 11.9. The molecule has 0 saturated carbocycles. The molecule has 0 heterocycles. The number of anilines is 1. The maximum atomic E-state index is 5.71. The predicted molar refractivity (Wildman–Crippen MR) is 84.7 cm³/mol. The highest BCUT2D eigenvalue weighted by molar-refractivity contribution is 5.85. The molecule has 0 aliphatic carbocycles. The first kappa shape index (κ1) is 16.3. The molecular formula is C16H20ClNO2. The highest BCUT2D eigenvalue weighted by Gasteiger charge is 2.10. The van der Waals surface area contributed by atoms with Crippen molar-refractivity contribution in [2.75, 3.05) is 5.48 Å². The summed E-state index contributed by atoms with van der Waals surface area (Å²) in [6.07, 6.45) is 0. The summed E-state index contributed by atoms with van der Waals surface area (Å²) >= 11 is 0. The molecular weight excluding hydrogens is 274 g/mol. The maximum Gasteiger partial charge on any atom is 0.127 e. The maximum absolute atomic E-state index is 5.71. The molecule has 0 bridgehead atoms. The zero-order chi connectivity index (χ0) is 13.7. The second kappa shape index (κ2) is 7.17. The standard InChI is InChI=1S/C16H19NO2.ClH/c1-16(2,3)19-17-13-9-11-15(12-10-13)18-14-7-5-4-6-8-14;/h4-12,17H,1-3H3;1H. The molecule has 0 saturated heterocycles. The van der Waals surface area contributed by atoms with E-state index in [-0.39, 0.29) is 18.0 Å². The van der Waals surface area contributed by atoms with E-state index in [2.05, 4.69) is 5.48 Å². The lowest BCUT2D eigenvalue weighted by Gasteiger charge is -2.20. The molecule has 0 atom stereocenters. The second-order valence-corrected chi connectivity index (χ2v) is 5.26. The number of nitrogens with one attached hydrogen (secondary N) is 1. The minimum atomic E-state index is -0.223. The third kappa shape index (κ3) is 5.51. The van der Waals surface area contributed by atoms with Gasteiger partial charge in [0.05, 0.1) is 11.3 Å². The van der Waals surface area contributed by atoms with Crippen molar-refractivity contribution in [2.45, 2.75) is 26.4 Å². The van der Waals surface area contributed by atoms with E-state index in [0.717, 1.165) is 17.2 Å². The van der Waals surface area contributed by atoms with Gasteiger partial charge in [0.15, 0.2) is 0 Å². The summed E-state index contributed by atoms with van der Waals surface area (Å²) in [6.45, 7) is 5.98. The van der Waals surface area contributed by atoms with Crippen molar-refractivity contribution in [1.82, 2.24) is 0 Å². The normalized spacial score (nSPS) is 10.6. The Balaban J connectivity index is 0.00000200. The quantitative estimate of drug-likeness (QED) is 0.801. The number of hydrogen-bond acceptors (Lipinski definition) is 3. The first-order valence-corrected chi connectivity index (χ1v) is 6.30. The molecule has 1 N–H and O–H groups in total. The smallest absolute Gasteiger partial charge is 0.127 e. The summed E-state index contributed by atoms with van der Waals surface area (Å²) in [6, 6.07) is 17.4. The van der Waals surface area contributed by atoms with Gasteiger partial charge in [-0.25, -0.2) is 0 Å². The molecule has 0 unspecified atom stereocenters. The van der Waals surface area contributed by atoms with Crippen molar-refractivity contribution >= 4 is 18.1 Å². The number of rotatable bonds is 4. The van der Waals surface area contributed by atoms with Crippen LogP contribution >= 0.6 is 12.4 Å². The summed E-state index contributed by atoms with van der Waals surface area (Å²) in [4.78, 5) is 5.48. The SMILES string of the molecule is CC(C)(C)ONc1ccc(Oc2ccccc2)cc1.Cl. The molecule has 3 nitrogen and oxygen atoms in total. The Morgan fingerprint density at radius 2 is 1.35 bits per heavy atom. The van der Waals surface area contributed by atoms with Gasteiger partial charge < -0.3 is 4.74 Å². The van der Waals surface area contributed by atoms with Crippen molar-refractivity contribution in [2.24, 2.45) is 0 Å². The monoisotopic (exact) mass is 293 g/mol. The molecule has 2 rings (SSSR count). The van der Waals surface area contributed by atoms with Crippen molar-refractivity contribution in [1.29, 1.82) is 0 Å². The van der Waals surface area contributed by atoms with Gasteiger partial charge in [-0.2, -0.15) is 0 Å². The minimum absolute atomic E-state index is 0. The van der Waals surface area contributed by atoms with E-state index in [4.69, 9.17) is 9.57 Å². The largest absolute Gasteiger partial charge is 0.457 e. The highest BCUT2D eigenvalue weighted by atomic mass is 35.5. The molecule has 4 heteroatoms. The molecule has 0 spiro atoms. The first-order chi connectivity index (χ1) is 9.03. The van der Waals surface area contributed by atoms with Crippen LogP contribution in [0.25, 0.3) is 0 Å². The van der Waals surface area contributed by atoms with Gasteiger partial charge in [-0.3, -0.25) is 10.3 Å².